The lowest BCUT2D eigenvalue weighted by Crippen LogP contribution is -2.16. The molecule has 0 saturated heterocycles. The second-order valence-electron chi connectivity index (χ2n) is 3.80. The summed E-state index contributed by atoms with van der Waals surface area (Å²) in [6.45, 7) is 3.40. The van der Waals surface area contributed by atoms with Gasteiger partial charge in [0.1, 0.15) is 4.88 Å². The molecule has 0 saturated carbocycles. The molecule has 0 aliphatic carbocycles. The number of thiophene rings is 1. The third-order valence-corrected chi connectivity index (χ3v) is 4.28. The lowest BCUT2D eigenvalue weighted by atomic mass is 10.2. The van der Waals surface area contributed by atoms with Crippen molar-refractivity contribution in [2.75, 3.05) is 18.6 Å². The van der Waals surface area contributed by atoms with Gasteiger partial charge in [0.15, 0.2) is 0 Å². The van der Waals surface area contributed by atoms with E-state index in [1.54, 1.807) is 12.3 Å². The van der Waals surface area contributed by atoms with Gasteiger partial charge in [0, 0.05) is 34.2 Å². The van der Waals surface area contributed by atoms with E-state index in [9.17, 15) is 9.00 Å². The molecule has 0 radical (unpaired) electrons. The molecule has 17 heavy (non-hydrogen) atoms. The number of hydrogen-bond donors (Lipinski definition) is 2. The maximum absolute atomic E-state index is 10.8. The average molecular weight is 275 g/mol. The van der Waals surface area contributed by atoms with Crippen LogP contribution in [0.3, 0.4) is 0 Å². The third-order valence-electron chi connectivity index (χ3n) is 2.33. The minimum absolute atomic E-state index is 0.383. The van der Waals surface area contributed by atoms with Gasteiger partial charge in [0.2, 0.25) is 0 Å². The number of aromatic carboxylic acids is 1. The van der Waals surface area contributed by atoms with E-state index in [2.05, 4.69) is 5.32 Å². The summed E-state index contributed by atoms with van der Waals surface area (Å²) in [6.07, 6.45) is 2.57. The van der Waals surface area contributed by atoms with Crippen molar-refractivity contribution in [2.24, 2.45) is 0 Å². The number of nitrogens with one attached hydrogen (secondary N) is 1. The lowest BCUT2D eigenvalue weighted by molar-refractivity contribution is 0.0702. The van der Waals surface area contributed by atoms with Crippen LogP contribution < -0.4 is 5.32 Å². The first kappa shape index (κ1) is 14.3. The summed E-state index contributed by atoms with van der Waals surface area (Å²) in [5.74, 6) is -0.165. The van der Waals surface area contributed by atoms with Gasteiger partial charge in [-0.15, -0.1) is 11.3 Å². The molecular weight excluding hydrogens is 258 g/mol. The Bertz CT molecular complexity index is 415. The molecule has 0 aromatic carbocycles. The molecule has 1 unspecified atom stereocenters. The SMILES string of the molecule is Cc1sc(C(=O)O)cc1CNCCCS(C)=O. The van der Waals surface area contributed by atoms with Crippen LogP contribution in [-0.4, -0.2) is 33.8 Å². The van der Waals surface area contributed by atoms with Crippen LogP contribution in [-0.2, 0) is 17.3 Å². The van der Waals surface area contributed by atoms with Crippen molar-refractivity contribution < 1.29 is 14.1 Å². The Morgan fingerprint density at radius 2 is 2.29 bits per heavy atom. The van der Waals surface area contributed by atoms with E-state index in [-0.39, 0.29) is 0 Å². The first-order valence-corrected chi connectivity index (χ1v) is 7.88. The van der Waals surface area contributed by atoms with Gasteiger partial charge in [0.05, 0.1) is 0 Å². The molecule has 6 heteroatoms. The van der Waals surface area contributed by atoms with Crippen molar-refractivity contribution in [2.45, 2.75) is 19.9 Å². The van der Waals surface area contributed by atoms with E-state index in [1.807, 2.05) is 6.92 Å². The van der Waals surface area contributed by atoms with Crippen LogP contribution in [0.5, 0.6) is 0 Å². The maximum Gasteiger partial charge on any atom is 0.345 e. The molecule has 2 N–H and O–H groups in total. The van der Waals surface area contributed by atoms with Gasteiger partial charge in [0.25, 0.3) is 0 Å². The molecule has 1 aromatic rings. The second kappa shape index (κ2) is 6.88. The van der Waals surface area contributed by atoms with Crippen molar-refractivity contribution in [1.29, 1.82) is 0 Å². The topological polar surface area (TPSA) is 66.4 Å². The van der Waals surface area contributed by atoms with E-state index in [4.69, 9.17) is 5.11 Å². The van der Waals surface area contributed by atoms with Crippen LogP contribution in [0.15, 0.2) is 6.07 Å². The maximum atomic E-state index is 10.8. The number of carboxylic acids is 1. The smallest absolute Gasteiger partial charge is 0.345 e. The molecular formula is C11H17NO3S2. The summed E-state index contributed by atoms with van der Waals surface area (Å²) in [4.78, 5) is 12.2. The van der Waals surface area contributed by atoms with Gasteiger partial charge in [-0.05, 0) is 31.5 Å². The minimum atomic E-state index is -0.870. The molecule has 1 aromatic heterocycles. The first-order valence-electron chi connectivity index (χ1n) is 5.34. The number of hydrogen-bond acceptors (Lipinski definition) is 4. The molecule has 1 heterocycles. The highest BCUT2D eigenvalue weighted by Gasteiger charge is 2.10. The largest absolute Gasteiger partial charge is 0.477 e. The zero-order valence-corrected chi connectivity index (χ0v) is 11.6. The Labute approximate surface area is 108 Å². The fourth-order valence-corrected chi connectivity index (χ4v) is 2.86. The van der Waals surface area contributed by atoms with Gasteiger partial charge in [-0.2, -0.15) is 0 Å². The molecule has 1 atom stereocenters. The van der Waals surface area contributed by atoms with Crippen molar-refractivity contribution in [1.82, 2.24) is 5.32 Å². The molecule has 4 nitrogen and oxygen atoms in total. The number of carbonyl (C=O) groups is 1. The monoisotopic (exact) mass is 275 g/mol. The number of carboxylic acid groups (broad SMARTS) is 1. The van der Waals surface area contributed by atoms with Crippen molar-refractivity contribution in [3.8, 4) is 0 Å². The highest BCUT2D eigenvalue weighted by Crippen LogP contribution is 2.21. The lowest BCUT2D eigenvalue weighted by Gasteiger charge is -2.03. The van der Waals surface area contributed by atoms with E-state index in [0.29, 0.717) is 17.2 Å². The summed E-state index contributed by atoms with van der Waals surface area (Å²) >= 11 is 1.30. The summed E-state index contributed by atoms with van der Waals surface area (Å²) in [5.41, 5.74) is 1.03. The molecule has 0 aliphatic rings. The highest BCUT2D eigenvalue weighted by atomic mass is 32.2. The van der Waals surface area contributed by atoms with E-state index in [0.717, 1.165) is 23.4 Å². The Kier molecular flexibility index (Phi) is 5.80. The van der Waals surface area contributed by atoms with Crippen molar-refractivity contribution >= 4 is 28.1 Å². The molecule has 0 bridgehead atoms. The van der Waals surface area contributed by atoms with Crippen LogP contribution >= 0.6 is 11.3 Å². The number of rotatable bonds is 7. The van der Waals surface area contributed by atoms with Crippen LogP contribution in [0.2, 0.25) is 0 Å². The molecule has 0 spiro atoms. The normalized spacial score (nSPS) is 12.6. The van der Waals surface area contributed by atoms with E-state index < -0.39 is 16.8 Å². The zero-order chi connectivity index (χ0) is 12.8. The average Bonchev–Trinajstić information content (AvgIpc) is 2.59. The number of aryl methyl sites for hydroxylation is 1. The molecule has 0 amide bonds. The molecule has 96 valence electrons. The standard InChI is InChI=1S/C11H17NO3S2/c1-8-9(6-10(16-8)11(13)14)7-12-4-3-5-17(2)15/h6,12H,3-5,7H2,1-2H3,(H,13,14). The van der Waals surface area contributed by atoms with Crippen LogP contribution in [0.4, 0.5) is 0 Å². The minimum Gasteiger partial charge on any atom is -0.477 e. The Hall–Kier alpha value is -0.720. The van der Waals surface area contributed by atoms with Crippen LogP contribution in [0, 0.1) is 6.92 Å². The van der Waals surface area contributed by atoms with Gasteiger partial charge >= 0.3 is 5.97 Å². The van der Waals surface area contributed by atoms with Crippen molar-refractivity contribution in [3.63, 3.8) is 0 Å². The molecule has 0 aliphatic heterocycles. The van der Waals surface area contributed by atoms with Gasteiger partial charge in [-0.1, -0.05) is 0 Å². The summed E-state index contributed by atoms with van der Waals surface area (Å²) < 4.78 is 10.8. The highest BCUT2D eigenvalue weighted by molar-refractivity contribution is 7.84. The van der Waals surface area contributed by atoms with E-state index in [1.165, 1.54) is 11.3 Å². The quantitative estimate of drug-likeness (QED) is 0.742. The van der Waals surface area contributed by atoms with E-state index >= 15 is 0 Å². The predicted octanol–water partition coefficient (Wildman–Crippen LogP) is 1.61. The molecule has 1 rings (SSSR count). The fourth-order valence-electron chi connectivity index (χ4n) is 1.42. The second-order valence-corrected chi connectivity index (χ2v) is 6.62. The summed E-state index contributed by atoms with van der Waals surface area (Å²) in [7, 11) is -0.736. The fraction of sp³-hybridized carbons (Fsp3) is 0.545. The van der Waals surface area contributed by atoms with Gasteiger partial charge < -0.3 is 10.4 Å². The first-order chi connectivity index (χ1) is 8.00. The van der Waals surface area contributed by atoms with Crippen molar-refractivity contribution in [3.05, 3.63) is 21.4 Å². The summed E-state index contributed by atoms with van der Waals surface area (Å²) in [5, 5.41) is 12.1. The van der Waals surface area contributed by atoms with Gasteiger partial charge in [-0.25, -0.2) is 4.79 Å². The Balaban J connectivity index is 2.36. The Morgan fingerprint density at radius 1 is 1.59 bits per heavy atom. The molecule has 0 fully saturated rings. The summed E-state index contributed by atoms with van der Waals surface area (Å²) in [6, 6.07) is 1.72. The zero-order valence-electron chi connectivity index (χ0n) is 9.99. The van der Waals surface area contributed by atoms with Crippen LogP contribution in [0.1, 0.15) is 26.5 Å². The van der Waals surface area contributed by atoms with Gasteiger partial charge in [-0.3, -0.25) is 4.21 Å². The van der Waals surface area contributed by atoms with Crippen LogP contribution in [0.25, 0.3) is 0 Å². The predicted molar refractivity (Wildman–Crippen MR) is 71.3 cm³/mol. The third kappa shape index (κ3) is 4.97. The Morgan fingerprint density at radius 3 is 2.82 bits per heavy atom.